The zero-order valence-corrected chi connectivity index (χ0v) is 8.94. The molecule has 4 N–H and O–H groups in total. The van der Waals surface area contributed by atoms with E-state index in [1.54, 1.807) is 24.3 Å². The van der Waals surface area contributed by atoms with Crippen LogP contribution in [0.25, 0.3) is 0 Å². The second-order valence-corrected chi connectivity index (χ2v) is 3.50. The molecule has 17 heavy (non-hydrogen) atoms. The highest BCUT2D eigenvalue weighted by molar-refractivity contribution is 6.03. The number of aromatic nitrogens is 1. The number of nitrogens with two attached hydrogens (primary N) is 1. The van der Waals surface area contributed by atoms with Gasteiger partial charge in [0, 0.05) is 29.8 Å². The van der Waals surface area contributed by atoms with Crippen molar-refractivity contribution in [3.8, 4) is 0 Å². The Morgan fingerprint density at radius 1 is 1.18 bits per heavy atom. The van der Waals surface area contributed by atoms with Crippen LogP contribution < -0.4 is 16.5 Å². The summed E-state index contributed by atoms with van der Waals surface area (Å²) in [7, 11) is 0. The molecule has 1 aromatic heterocycles. The van der Waals surface area contributed by atoms with Crippen molar-refractivity contribution in [2.24, 2.45) is 0 Å². The zero-order valence-electron chi connectivity index (χ0n) is 8.94. The Morgan fingerprint density at radius 3 is 2.53 bits per heavy atom. The van der Waals surface area contributed by atoms with E-state index in [1.807, 2.05) is 0 Å². The minimum absolute atomic E-state index is 0.0734. The summed E-state index contributed by atoms with van der Waals surface area (Å²) in [6.45, 7) is 0. The third-order valence-electron chi connectivity index (χ3n) is 2.24. The van der Waals surface area contributed by atoms with Crippen LogP contribution in [0.4, 0.5) is 11.4 Å². The van der Waals surface area contributed by atoms with E-state index in [-0.39, 0.29) is 11.0 Å². The molecule has 0 fully saturated rings. The van der Waals surface area contributed by atoms with Gasteiger partial charge < -0.3 is 16.0 Å². The fraction of sp³-hybridized carbons (Fsp3) is 0. The Morgan fingerprint density at radius 2 is 1.88 bits per heavy atom. The van der Waals surface area contributed by atoms with Gasteiger partial charge in [-0.05, 0) is 24.3 Å². The molecule has 0 unspecified atom stereocenters. The molecule has 0 saturated heterocycles. The Labute approximate surface area is 97.3 Å². The van der Waals surface area contributed by atoms with Crippen LogP contribution in [0.5, 0.6) is 0 Å². The normalized spacial score (nSPS) is 9.88. The number of anilines is 2. The van der Waals surface area contributed by atoms with Gasteiger partial charge in [-0.25, -0.2) is 0 Å². The first-order valence-corrected chi connectivity index (χ1v) is 5.01. The molecule has 0 aliphatic carbocycles. The fourth-order valence-electron chi connectivity index (χ4n) is 1.36. The SMILES string of the molecule is Nc1ccc(NC(=O)c2c[nH]ccc2=O)cc1. The van der Waals surface area contributed by atoms with Crippen molar-refractivity contribution < 1.29 is 4.79 Å². The van der Waals surface area contributed by atoms with Gasteiger partial charge in [0.2, 0.25) is 0 Å². The van der Waals surface area contributed by atoms with Gasteiger partial charge in [0.05, 0.1) is 0 Å². The lowest BCUT2D eigenvalue weighted by Crippen LogP contribution is -2.20. The summed E-state index contributed by atoms with van der Waals surface area (Å²) in [5.74, 6) is -0.448. The third-order valence-corrected chi connectivity index (χ3v) is 2.24. The maximum absolute atomic E-state index is 11.8. The average molecular weight is 229 g/mol. The van der Waals surface area contributed by atoms with Crippen LogP contribution in [0.15, 0.2) is 47.5 Å². The van der Waals surface area contributed by atoms with Crippen molar-refractivity contribution in [3.05, 3.63) is 58.5 Å². The van der Waals surface area contributed by atoms with Crippen molar-refractivity contribution in [1.82, 2.24) is 4.98 Å². The molecule has 1 heterocycles. The number of nitrogens with one attached hydrogen (secondary N) is 2. The number of carbonyl (C=O) groups excluding carboxylic acids is 1. The largest absolute Gasteiger partial charge is 0.399 e. The maximum atomic E-state index is 11.8. The maximum Gasteiger partial charge on any atom is 0.261 e. The molecule has 0 saturated carbocycles. The highest BCUT2D eigenvalue weighted by Crippen LogP contribution is 2.11. The standard InChI is InChI=1S/C12H11N3O2/c13-8-1-3-9(4-2-8)15-12(17)10-7-14-6-5-11(10)16/h1-7H,13H2,(H,14,16)(H,15,17). The number of benzene rings is 1. The summed E-state index contributed by atoms with van der Waals surface area (Å²) in [6, 6.07) is 7.99. The molecule has 86 valence electrons. The van der Waals surface area contributed by atoms with Gasteiger partial charge in [0.15, 0.2) is 5.43 Å². The first kappa shape index (κ1) is 10.9. The molecule has 0 aliphatic rings. The van der Waals surface area contributed by atoms with Crippen molar-refractivity contribution in [2.45, 2.75) is 0 Å². The van der Waals surface area contributed by atoms with Crippen molar-refractivity contribution in [2.75, 3.05) is 11.1 Å². The van der Waals surface area contributed by atoms with Crippen LogP contribution in [-0.2, 0) is 0 Å². The van der Waals surface area contributed by atoms with E-state index in [0.717, 1.165) is 0 Å². The van der Waals surface area contributed by atoms with E-state index in [4.69, 9.17) is 5.73 Å². The third kappa shape index (κ3) is 2.52. The molecule has 0 spiro atoms. The van der Waals surface area contributed by atoms with Gasteiger partial charge in [-0.1, -0.05) is 0 Å². The Balaban J connectivity index is 2.20. The molecule has 0 atom stereocenters. The molecular weight excluding hydrogens is 218 g/mol. The van der Waals surface area contributed by atoms with Gasteiger partial charge >= 0.3 is 0 Å². The second kappa shape index (κ2) is 4.52. The zero-order chi connectivity index (χ0) is 12.3. The monoisotopic (exact) mass is 229 g/mol. The van der Waals surface area contributed by atoms with Crippen LogP contribution in [0.2, 0.25) is 0 Å². The predicted molar refractivity (Wildman–Crippen MR) is 65.9 cm³/mol. The van der Waals surface area contributed by atoms with E-state index in [0.29, 0.717) is 11.4 Å². The molecule has 1 amide bonds. The van der Waals surface area contributed by atoms with E-state index in [1.165, 1.54) is 18.5 Å². The van der Waals surface area contributed by atoms with Crippen LogP contribution in [0, 0.1) is 0 Å². The van der Waals surface area contributed by atoms with Gasteiger partial charge in [-0.2, -0.15) is 0 Å². The molecule has 2 rings (SSSR count). The predicted octanol–water partition coefficient (Wildman–Crippen LogP) is 1.21. The molecule has 1 aromatic carbocycles. The number of carbonyl (C=O) groups is 1. The highest BCUT2D eigenvalue weighted by atomic mass is 16.2. The smallest absolute Gasteiger partial charge is 0.261 e. The van der Waals surface area contributed by atoms with E-state index < -0.39 is 5.91 Å². The van der Waals surface area contributed by atoms with Crippen LogP contribution in [-0.4, -0.2) is 10.9 Å². The molecule has 5 heteroatoms. The number of pyridine rings is 1. The number of H-pyrrole nitrogens is 1. The van der Waals surface area contributed by atoms with Gasteiger partial charge in [0.25, 0.3) is 5.91 Å². The quantitative estimate of drug-likeness (QED) is 0.676. The van der Waals surface area contributed by atoms with Crippen LogP contribution >= 0.6 is 0 Å². The second-order valence-electron chi connectivity index (χ2n) is 3.50. The summed E-state index contributed by atoms with van der Waals surface area (Å²) >= 11 is 0. The van der Waals surface area contributed by atoms with Gasteiger partial charge in [-0.3, -0.25) is 9.59 Å². The van der Waals surface area contributed by atoms with Crippen molar-refractivity contribution in [1.29, 1.82) is 0 Å². The summed E-state index contributed by atoms with van der Waals surface area (Å²) in [6.07, 6.45) is 2.84. The summed E-state index contributed by atoms with van der Waals surface area (Å²) < 4.78 is 0. The topological polar surface area (TPSA) is 88.0 Å². The highest BCUT2D eigenvalue weighted by Gasteiger charge is 2.09. The van der Waals surface area contributed by atoms with Gasteiger partial charge in [0.1, 0.15) is 5.56 Å². The average Bonchev–Trinajstić information content (AvgIpc) is 2.32. The van der Waals surface area contributed by atoms with Crippen molar-refractivity contribution >= 4 is 17.3 Å². The van der Waals surface area contributed by atoms with Gasteiger partial charge in [-0.15, -0.1) is 0 Å². The first-order valence-electron chi connectivity index (χ1n) is 5.01. The minimum atomic E-state index is -0.448. The summed E-state index contributed by atoms with van der Waals surface area (Å²) in [5.41, 5.74) is 6.48. The van der Waals surface area contributed by atoms with E-state index >= 15 is 0 Å². The van der Waals surface area contributed by atoms with Crippen molar-refractivity contribution in [3.63, 3.8) is 0 Å². The van der Waals surface area contributed by atoms with E-state index in [2.05, 4.69) is 10.3 Å². The molecule has 0 bridgehead atoms. The number of aromatic amines is 1. The Hall–Kier alpha value is -2.56. The Kier molecular flexibility index (Phi) is 2.91. The number of amides is 1. The lowest BCUT2D eigenvalue weighted by Gasteiger charge is -2.04. The molecule has 0 aliphatic heterocycles. The molecule has 0 radical (unpaired) electrons. The summed E-state index contributed by atoms with van der Waals surface area (Å²) in [5, 5.41) is 2.61. The lowest BCUT2D eigenvalue weighted by atomic mass is 10.2. The lowest BCUT2D eigenvalue weighted by molar-refractivity contribution is 0.102. The number of rotatable bonds is 2. The Bertz CT molecular complexity index is 587. The number of nitrogen functional groups attached to an aromatic ring is 1. The number of hydrogen-bond acceptors (Lipinski definition) is 3. The molecule has 2 aromatic rings. The summed E-state index contributed by atoms with van der Waals surface area (Å²) in [4.78, 5) is 25.9. The minimum Gasteiger partial charge on any atom is -0.399 e. The fourth-order valence-corrected chi connectivity index (χ4v) is 1.36. The van der Waals surface area contributed by atoms with E-state index in [9.17, 15) is 9.59 Å². The van der Waals surface area contributed by atoms with Crippen LogP contribution in [0.1, 0.15) is 10.4 Å². The van der Waals surface area contributed by atoms with Crippen LogP contribution in [0.3, 0.4) is 0 Å². The molecular formula is C12H11N3O2. The molecule has 5 nitrogen and oxygen atoms in total. The number of hydrogen-bond donors (Lipinski definition) is 3. The first-order chi connectivity index (χ1) is 8.16.